The quantitative estimate of drug-likeness (QED) is 0.0138. The van der Waals surface area contributed by atoms with Crippen LogP contribution < -0.4 is 16.1 Å². The first-order valence-electron chi connectivity index (χ1n) is 16.5. The molecule has 58 heavy (non-hydrogen) atoms. The van der Waals surface area contributed by atoms with E-state index < -0.39 is 75.8 Å². The van der Waals surface area contributed by atoms with Crippen molar-refractivity contribution in [2.75, 3.05) is 28.9 Å². The van der Waals surface area contributed by atoms with E-state index in [1.807, 2.05) is 0 Å². The zero-order chi connectivity index (χ0) is 42.3. The number of anilines is 5. The molecular weight excluding hydrogens is 826 g/mol. The summed E-state index contributed by atoms with van der Waals surface area (Å²) in [5.74, 6) is -4.15. The van der Waals surface area contributed by atoms with Gasteiger partial charge in [-0.1, -0.05) is 43.3 Å². The normalized spacial score (nSPS) is 12.4. The van der Waals surface area contributed by atoms with Gasteiger partial charge in [0.1, 0.15) is 17.1 Å². The van der Waals surface area contributed by atoms with E-state index in [-0.39, 0.29) is 50.5 Å². The van der Waals surface area contributed by atoms with Crippen LogP contribution in [0.5, 0.6) is 5.75 Å². The third-order valence-electron chi connectivity index (χ3n) is 7.60. The number of hydrazone groups is 1. The van der Waals surface area contributed by atoms with Gasteiger partial charge >= 0.3 is 12.0 Å². The zero-order valence-electron chi connectivity index (χ0n) is 30.1. The number of nitrogens with zero attached hydrogens (tertiary/aromatic N) is 6. The molecule has 0 saturated heterocycles. The predicted octanol–water partition coefficient (Wildman–Crippen LogP) is 5.37. The highest BCUT2D eigenvalue weighted by molar-refractivity contribution is 7.91. The number of carbonyl (C=O) groups is 1. The van der Waals surface area contributed by atoms with Gasteiger partial charge in [0.2, 0.25) is 17.7 Å². The molecular formula is C34H32FN9O11S3. The molecule has 1 aromatic heterocycles. The van der Waals surface area contributed by atoms with Crippen molar-refractivity contribution >= 4 is 76.5 Å². The molecule has 4 aromatic carbocycles. The van der Waals surface area contributed by atoms with E-state index in [4.69, 9.17) is 0 Å². The molecule has 0 aliphatic heterocycles. The molecule has 0 aliphatic rings. The SMILES string of the molecule is CCCS(=O)(=O)c1ccc(Nc2nc(F)nc(Nc3cc(S(=O)(=O)OC)cc(NN=C(N=Nc4cc(CS(=O)(=O)O)ccc4C(=O)O)c4ccccc4)c3O)n2)cc1. The zero-order valence-corrected chi connectivity index (χ0v) is 32.5. The predicted molar refractivity (Wildman–Crippen MR) is 207 cm³/mol. The highest BCUT2D eigenvalue weighted by Gasteiger charge is 2.22. The van der Waals surface area contributed by atoms with E-state index in [2.05, 4.69) is 50.5 Å². The monoisotopic (exact) mass is 857 g/mol. The fourth-order valence-corrected chi connectivity index (χ4v) is 7.60. The Balaban J connectivity index is 1.51. The van der Waals surface area contributed by atoms with Crippen LogP contribution in [0.15, 0.2) is 110 Å². The summed E-state index contributed by atoms with van der Waals surface area (Å²) in [6.07, 6.45) is -0.875. The third kappa shape index (κ3) is 11.1. The number of sulfone groups is 1. The maximum Gasteiger partial charge on any atom is 0.337 e. The van der Waals surface area contributed by atoms with Crippen LogP contribution in [-0.4, -0.2) is 79.6 Å². The van der Waals surface area contributed by atoms with Gasteiger partial charge in [-0.25, -0.2) is 13.2 Å². The van der Waals surface area contributed by atoms with Crippen molar-refractivity contribution in [3.63, 3.8) is 0 Å². The minimum atomic E-state index is -4.49. The molecule has 0 saturated carbocycles. The minimum absolute atomic E-state index is 0.00561. The molecule has 0 aliphatic carbocycles. The van der Waals surface area contributed by atoms with Gasteiger partial charge in [-0.15, -0.1) is 10.2 Å². The Morgan fingerprint density at radius 2 is 1.50 bits per heavy atom. The molecule has 5 rings (SSSR count). The van der Waals surface area contributed by atoms with Gasteiger partial charge in [0.05, 0.1) is 33.9 Å². The summed E-state index contributed by atoms with van der Waals surface area (Å²) in [7, 11) is -11.6. The Hall–Kier alpha value is -6.47. The number of nitrogens with one attached hydrogen (secondary N) is 3. The summed E-state index contributed by atoms with van der Waals surface area (Å²) in [6, 6.07) is 18.7. The number of aromatic carboxylic acids is 1. The van der Waals surface area contributed by atoms with Crippen molar-refractivity contribution in [2.45, 2.75) is 28.9 Å². The van der Waals surface area contributed by atoms with E-state index >= 15 is 0 Å². The number of halogens is 1. The lowest BCUT2D eigenvalue weighted by molar-refractivity contribution is 0.0697. The second kappa shape index (κ2) is 17.8. The number of benzene rings is 4. The average molecular weight is 858 g/mol. The fraction of sp³-hybridized carbons (Fsp3) is 0.147. The summed E-state index contributed by atoms with van der Waals surface area (Å²) in [6.45, 7) is 1.73. The molecule has 0 fully saturated rings. The van der Waals surface area contributed by atoms with Gasteiger partial charge in [-0.05, 0) is 60.5 Å². The van der Waals surface area contributed by atoms with E-state index in [0.717, 1.165) is 31.4 Å². The van der Waals surface area contributed by atoms with E-state index in [0.29, 0.717) is 6.42 Å². The summed E-state index contributed by atoms with van der Waals surface area (Å²) in [4.78, 5) is 22.6. The number of azo groups is 1. The standard InChI is InChI=1S/C34H32FN9O11S3/c1-3-15-56(48,49)23-12-10-22(11-13-23)36-33-38-32(35)39-34(40-33)37-27-17-24(58(53,54)55-2)18-28(29(27)45)42-44-30(21-7-5-4-6-8-21)43-41-26-16-20(19-57(50,51)52)9-14-25(26)31(46)47/h4-14,16-18,42,45H,3,15,19H2,1-2H3,(H,46,47)(H,50,51,52)(H2,36,37,38,39,40). The van der Waals surface area contributed by atoms with Crippen LogP contribution in [0.1, 0.15) is 34.8 Å². The summed E-state index contributed by atoms with van der Waals surface area (Å²) in [5.41, 5.74) is 1.56. The van der Waals surface area contributed by atoms with Crippen molar-refractivity contribution in [3.8, 4) is 5.75 Å². The number of carboxylic acid groups (broad SMARTS) is 1. The highest BCUT2D eigenvalue weighted by Crippen LogP contribution is 2.37. The number of aromatic nitrogens is 3. The lowest BCUT2D eigenvalue weighted by Crippen LogP contribution is -2.09. The largest absolute Gasteiger partial charge is 0.504 e. The Bertz CT molecular complexity index is 2740. The number of aromatic hydroxyl groups is 1. The van der Waals surface area contributed by atoms with Crippen LogP contribution in [0.2, 0.25) is 0 Å². The first-order valence-corrected chi connectivity index (χ1v) is 21.1. The molecule has 0 amide bonds. The average Bonchev–Trinajstić information content (AvgIpc) is 3.15. The molecule has 0 radical (unpaired) electrons. The lowest BCUT2D eigenvalue weighted by Gasteiger charge is -2.14. The van der Waals surface area contributed by atoms with Gasteiger partial charge in [-0.3, -0.25) is 14.2 Å². The molecule has 304 valence electrons. The number of amidine groups is 1. The van der Waals surface area contributed by atoms with Gasteiger partial charge < -0.3 is 20.8 Å². The molecule has 24 heteroatoms. The number of rotatable bonds is 16. The van der Waals surface area contributed by atoms with Gasteiger partial charge in [0.25, 0.3) is 20.2 Å². The molecule has 5 aromatic rings. The van der Waals surface area contributed by atoms with Crippen molar-refractivity contribution in [2.24, 2.45) is 15.3 Å². The van der Waals surface area contributed by atoms with Gasteiger partial charge in [0, 0.05) is 11.3 Å². The smallest absolute Gasteiger partial charge is 0.337 e. The van der Waals surface area contributed by atoms with Gasteiger partial charge in [-0.2, -0.15) is 41.3 Å². The number of carboxylic acids is 1. The number of hydrogen-bond donors (Lipinski definition) is 6. The maximum absolute atomic E-state index is 14.7. The second-order valence-electron chi connectivity index (χ2n) is 11.8. The van der Waals surface area contributed by atoms with Crippen molar-refractivity contribution in [1.82, 2.24) is 15.0 Å². The van der Waals surface area contributed by atoms with Gasteiger partial charge in [0.15, 0.2) is 15.6 Å². The molecule has 0 atom stereocenters. The van der Waals surface area contributed by atoms with E-state index in [1.54, 1.807) is 25.1 Å². The topological polar surface area (TPSA) is 301 Å². The molecule has 6 N–H and O–H groups in total. The lowest BCUT2D eigenvalue weighted by atomic mass is 10.1. The first kappa shape index (κ1) is 42.7. The Labute approximate surface area is 330 Å². The number of phenols is 1. The summed E-state index contributed by atoms with van der Waals surface area (Å²) in [5, 5.41) is 38.3. The Morgan fingerprint density at radius 3 is 2.12 bits per heavy atom. The van der Waals surface area contributed by atoms with Crippen LogP contribution in [-0.2, 0) is 40.0 Å². The van der Waals surface area contributed by atoms with Crippen LogP contribution in [0.3, 0.4) is 0 Å². The van der Waals surface area contributed by atoms with Crippen molar-refractivity contribution < 1.29 is 53.4 Å². The Kier molecular flexibility index (Phi) is 13.1. The van der Waals surface area contributed by atoms with Crippen LogP contribution in [0, 0.1) is 6.08 Å². The minimum Gasteiger partial charge on any atom is -0.504 e. The van der Waals surface area contributed by atoms with Crippen molar-refractivity contribution in [3.05, 3.63) is 108 Å². The summed E-state index contributed by atoms with van der Waals surface area (Å²) >= 11 is 0. The molecule has 0 bridgehead atoms. The summed E-state index contributed by atoms with van der Waals surface area (Å²) < 4.78 is 102. The number of hydrogen-bond acceptors (Lipinski definition) is 17. The highest BCUT2D eigenvalue weighted by atomic mass is 32.2. The molecule has 0 spiro atoms. The maximum atomic E-state index is 14.7. The van der Waals surface area contributed by atoms with Crippen LogP contribution in [0.4, 0.5) is 39.0 Å². The number of phenolic OH excluding ortho intramolecular Hbond substituents is 1. The van der Waals surface area contributed by atoms with Crippen LogP contribution >= 0.6 is 0 Å². The van der Waals surface area contributed by atoms with E-state index in [1.165, 1.54) is 42.5 Å². The van der Waals surface area contributed by atoms with E-state index in [9.17, 15) is 49.2 Å². The molecule has 20 nitrogen and oxygen atoms in total. The second-order valence-corrected chi connectivity index (χ2v) is 17.1. The first-order chi connectivity index (χ1) is 27.4. The third-order valence-corrected chi connectivity index (χ3v) is 11.5. The Morgan fingerprint density at radius 1 is 0.845 bits per heavy atom. The molecule has 1 heterocycles. The van der Waals surface area contributed by atoms with Crippen molar-refractivity contribution in [1.29, 1.82) is 0 Å². The fourth-order valence-electron chi connectivity index (χ4n) is 4.96. The van der Waals surface area contributed by atoms with Crippen LogP contribution in [0.25, 0.3) is 0 Å². The molecule has 0 unspecified atom stereocenters.